The van der Waals surface area contributed by atoms with Crippen molar-refractivity contribution in [3.63, 3.8) is 0 Å². The lowest BCUT2D eigenvalue weighted by Crippen LogP contribution is -2.25. The van der Waals surface area contributed by atoms with E-state index in [0.29, 0.717) is 18.7 Å². The molecule has 6 nitrogen and oxygen atoms in total. The van der Waals surface area contributed by atoms with Gasteiger partial charge in [-0.25, -0.2) is 18.1 Å². The number of hydrogen-bond donors (Lipinski definition) is 2. The van der Waals surface area contributed by atoms with E-state index in [1.54, 1.807) is 0 Å². The third kappa shape index (κ3) is 3.69. The van der Waals surface area contributed by atoms with Crippen molar-refractivity contribution >= 4 is 33.2 Å². The molecular formula is C11H12Cl2N4O2S. The Labute approximate surface area is 126 Å². The second-order valence-corrected chi connectivity index (χ2v) is 6.51. The lowest BCUT2D eigenvalue weighted by atomic mass is 10.3. The molecule has 0 aliphatic carbocycles. The average molecular weight is 335 g/mol. The van der Waals surface area contributed by atoms with Crippen molar-refractivity contribution < 1.29 is 8.42 Å². The van der Waals surface area contributed by atoms with Crippen molar-refractivity contribution in [3.8, 4) is 0 Å². The largest absolute Gasteiger partial charge is 0.263 e. The molecule has 9 heteroatoms. The molecule has 0 aliphatic rings. The third-order valence-electron chi connectivity index (χ3n) is 2.55. The van der Waals surface area contributed by atoms with Crippen molar-refractivity contribution in [1.82, 2.24) is 19.9 Å². The summed E-state index contributed by atoms with van der Waals surface area (Å²) in [7, 11) is -3.67. The fourth-order valence-corrected chi connectivity index (χ4v) is 3.42. The molecule has 0 saturated heterocycles. The molecule has 2 aromatic rings. The van der Waals surface area contributed by atoms with Gasteiger partial charge in [-0.15, -0.1) is 0 Å². The van der Waals surface area contributed by atoms with Crippen LogP contribution in [0.2, 0.25) is 10.0 Å². The first kappa shape index (κ1) is 15.2. The van der Waals surface area contributed by atoms with Gasteiger partial charge >= 0.3 is 0 Å². The Kier molecular flexibility index (Phi) is 4.98. The Hall–Kier alpha value is -1.15. The van der Waals surface area contributed by atoms with Gasteiger partial charge in [-0.05, 0) is 18.6 Å². The molecule has 0 aliphatic heterocycles. The topological polar surface area (TPSA) is 87.7 Å². The first-order valence-corrected chi connectivity index (χ1v) is 8.02. The summed E-state index contributed by atoms with van der Waals surface area (Å²) in [6.45, 7) is 0.270. The Morgan fingerprint density at radius 2 is 2.10 bits per heavy atom. The lowest BCUT2D eigenvalue weighted by molar-refractivity contribution is 0.578. The van der Waals surface area contributed by atoms with Gasteiger partial charge in [0.15, 0.2) is 0 Å². The predicted molar refractivity (Wildman–Crippen MR) is 76.4 cm³/mol. The van der Waals surface area contributed by atoms with Gasteiger partial charge in [0, 0.05) is 13.0 Å². The number of sulfonamides is 1. The number of benzene rings is 1. The summed E-state index contributed by atoms with van der Waals surface area (Å²) < 4.78 is 26.6. The van der Waals surface area contributed by atoms with Gasteiger partial charge in [0.2, 0.25) is 10.0 Å². The molecule has 1 aromatic carbocycles. The molecule has 2 N–H and O–H groups in total. The first-order chi connectivity index (χ1) is 9.50. The van der Waals surface area contributed by atoms with Crippen molar-refractivity contribution in [2.45, 2.75) is 17.7 Å². The number of nitrogens with zero attached hydrogens (tertiary/aromatic N) is 2. The second-order valence-electron chi connectivity index (χ2n) is 3.99. The van der Waals surface area contributed by atoms with Gasteiger partial charge in [0.05, 0.1) is 10.0 Å². The maximum atomic E-state index is 12.1. The summed E-state index contributed by atoms with van der Waals surface area (Å²) in [5.74, 6) is 0.713. The predicted octanol–water partition coefficient (Wildman–Crippen LogP) is 2.02. The van der Waals surface area contributed by atoms with Crippen LogP contribution in [0.5, 0.6) is 0 Å². The maximum Gasteiger partial charge on any atom is 0.242 e. The zero-order valence-corrected chi connectivity index (χ0v) is 12.6. The highest BCUT2D eigenvalue weighted by molar-refractivity contribution is 7.89. The van der Waals surface area contributed by atoms with Crippen LogP contribution in [0.25, 0.3) is 0 Å². The normalized spacial score (nSPS) is 11.7. The van der Waals surface area contributed by atoms with E-state index in [1.807, 2.05) is 0 Å². The van der Waals surface area contributed by atoms with Crippen LogP contribution >= 0.6 is 23.2 Å². The maximum absolute atomic E-state index is 12.1. The number of aromatic nitrogens is 3. The number of halogens is 2. The zero-order chi connectivity index (χ0) is 14.6. The SMILES string of the molecule is O=S(=O)(NCCCc1ncn[nH]1)c1cccc(Cl)c1Cl. The van der Waals surface area contributed by atoms with E-state index >= 15 is 0 Å². The summed E-state index contributed by atoms with van der Waals surface area (Å²) in [5, 5.41) is 6.65. The van der Waals surface area contributed by atoms with Crippen LogP contribution in [0.15, 0.2) is 29.4 Å². The fraction of sp³-hybridized carbons (Fsp3) is 0.273. The Bertz CT molecular complexity index is 674. The average Bonchev–Trinajstić information content (AvgIpc) is 2.91. The molecule has 0 bridgehead atoms. The third-order valence-corrected chi connectivity index (χ3v) is 4.99. The van der Waals surface area contributed by atoms with Gasteiger partial charge in [0.25, 0.3) is 0 Å². The second kappa shape index (κ2) is 6.53. The highest BCUT2D eigenvalue weighted by atomic mass is 35.5. The minimum Gasteiger partial charge on any atom is -0.263 e. The standard InChI is InChI=1S/C11H12Cl2N4O2S/c12-8-3-1-4-9(11(8)13)20(18,19)16-6-2-5-10-14-7-15-17-10/h1,3-4,7,16H,2,5-6H2,(H,14,15,17). The van der Waals surface area contributed by atoms with Gasteiger partial charge in [-0.1, -0.05) is 29.3 Å². The summed E-state index contributed by atoms with van der Waals surface area (Å²) in [5.41, 5.74) is 0. The highest BCUT2D eigenvalue weighted by Gasteiger charge is 2.18. The Morgan fingerprint density at radius 1 is 1.30 bits per heavy atom. The van der Waals surface area contributed by atoms with Crippen LogP contribution in [0.1, 0.15) is 12.2 Å². The van der Waals surface area contributed by atoms with Crippen LogP contribution < -0.4 is 4.72 Å². The van der Waals surface area contributed by atoms with E-state index in [1.165, 1.54) is 24.5 Å². The van der Waals surface area contributed by atoms with E-state index < -0.39 is 10.0 Å². The van der Waals surface area contributed by atoms with Gasteiger partial charge in [-0.3, -0.25) is 5.10 Å². The summed E-state index contributed by atoms with van der Waals surface area (Å²) in [6, 6.07) is 4.48. The van der Waals surface area contributed by atoms with E-state index in [4.69, 9.17) is 23.2 Å². The monoisotopic (exact) mass is 334 g/mol. The smallest absolute Gasteiger partial charge is 0.242 e. The van der Waals surface area contributed by atoms with E-state index in [2.05, 4.69) is 19.9 Å². The van der Waals surface area contributed by atoms with Gasteiger partial charge in [0.1, 0.15) is 17.0 Å². The van der Waals surface area contributed by atoms with Crippen LogP contribution in [-0.4, -0.2) is 30.1 Å². The van der Waals surface area contributed by atoms with Crippen LogP contribution in [0, 0.1) is 0 Å². The van der Waals surface area contributed by atoms with Crippen LogP contribution in [-0.2, 0) is 16.4 Å². The van der Waals surface area contributed by atoms with Crippen LogP contribution in [0.4, 0.5) is 0 Å². The minimum absolute atomic E-state index is 0.0219. The summed E-state index contributed by atoms with van der Waals surface area (Å²) in [4.78, 5) is 3.93. The summed E-state index contributed by atoms with van der Waals surface area (Å²) in [6.07, 6.45) is 2.60. The molecule has 108 valence electrons. The molecule has 0 unspecified atom stereocenters. The van der Waals surface area contributed by atoms with E-state index in [-0.39, 0.29) is 21.5 Å². The molecule has 0 amide bonds. The number of nitrogens with one attached hydrogen (secondary N) is 2. The number of rotatable bonds is 6. The first-order valence-electron chi connectivity index (χ1n) is 5.78. The quantitative estimate of drug-likeness (QED) is 0.791. The molecule has 0 saturated carbocycles. The van der Waals surface area contributed by atoms with E-state index in [0.717, 1.165) is 0 Å². The lowest BCUT2D eigenvalue weighted by Gasteiger charge is -2.08. The zero-order valence-electron chi connectivity index (χ0n) is 10.3. The van der Waals surface area contributed by atoms with Crippen molar-refractivity contribution in [2.75, 3.05) is 6.54 Å². The van der Waals surface area contributed by atoms with E-state index in [9.17, 15) is 8.42 Å². The molecule has 2 rings (SSSR count). The number of aromatic amines is 1. The van der Waals surface area contributed by atoms with Crippen molar-refractivity contribution in [3.05, 3.63) is 40.4 Å². The summed E-state index contributed by atoms with van der Waals surface area (Å²) >= 11 is 11.7. The number of H-pyrrole nitrogens is 1. The molecule has 0 atom stereocenters. The minimum atomic E-state index is -3.67. The van der Waals surface area contributed by atoms with Crippen LogP contribution in [0.3, 0.4) is 0 Å². The van der Waals surface area contributed by atoms with Gasteiger partial charge < -0.3 is 0 Å². The fourth-order valence-electron chi connectivity index (χ4n) is 1.58. The molecule has 20 heavy (non-hydrogen) atoms. The number of hydrogen-bond acceptors (Lipinski definition) is 4. The van der Waals surface area contributed by atoms with Gasteiger partial charge in [-0.2, -0.15) is 5.10 Å². The van der Waals surface area contributed by atoms with Crippen molar-refractivity contribution in [2.24, 2.45) is 0 Å². The number of aryl methyl sites for hydroxylation is 1. The molecule has 0 radical (unpaired) electrons. The molecule has 0 fully saturated rings. The molecule has 1 heterocycles. The Morgan fingerprint density at radius 3 is 2.80 bits per heavy atom. The Balaban J connectivity index is 1.95. The van der Waals surface area contributed by atoms with Crippen molar-refractivity contribution in [1.29, 1.82) is 0 Å². The molecule has 0 spiro atoms. The highest BCUT2D eigenvalue weighted by Crippen LogP contribution is 2.28. The molecular weight excluding hydrogens is 323 g/mol. The molecule has 1 aromatic heterocycles.